The maximum atomic E-state index is 6.30. The molecule has 0 spiro atoms. The Morgan fingerprint density at radius 2 is 1.96 bits per heavy atom. The molecule has 0 saturated carbocycles. The number of rotatable bonds is 3. The number of nitrogens with zero attached hydrogens (tertiary/aromatic N) is 2. The van der Waals surface area contributed by atoms with Gasteiger partial charge >= 0.3 is 0 Å². The lowest BCUT2D eigenvalue weighted by Gasteiger charge is -2.45. The second kappa shape index (κ2) is 5.55. The summed E-state index contributed by atoms with van der Waals surface area (Å²) in [7, 11) is 1.68. The second-order valence-electron chi connectivity index (χ2n) is 6.51. The van der Waals surface area contributed by atoms with Crippen molar-refractivity contribution in [1.82, 2.24) is 5.01 Å². The van der Waals surface area contributed by atoms with E-state index >= 15 is 0 Å². The van der Waals surface area contributed by atoms with Crippen LogP contribution in [0.2, 0.25) is 0 Å². The number of hydrazone groups is 1. The molecule has 2 heterocycles. The molecule has 2 aliphatic heterocycles. The summed E-state index contributed by atoms with van der Waals surface area (Å²) in [5.74, 6) is 1.84. The predicted octanol–water partition coefficient (Wildman–Crippen LogP) is 4.36. The average molecular weight is 322 g/mol. The first-order valence-corrected chi connectivity index (χ1v) is 8.44. The lowest BCUT2D eigenvalue weighted by Crippen LogP contribution is -2.50. The lowest BCUT2D eigenvalue weighted by atomic mass is 9.94. The van der Waals surface area contributed by atoms with Crippen molar-refractivity contribution < 1.29 is 9.47 Å². The van der Waals surface area contributed by atoms with E-state index in [1.807, 2.05) is 18.2 Å². The molecule has 0 radical (unpaired) electrons. The van der Waals surface area contributed by atoms with Crippen LogP contribution in [0.3, 0.4) is 0 Å². The van der Waals surface area contributed by atoms with Crippen molar-refractivity contribution in [1.29, 1.82) is 0 Å². The summed E-state index contributed by atoms with van der Waals surface area (Å²) in [6.45, 7) is 4.27. The lowest BCUT2D eigenvalue weighted by molar-refractivity contribution is -0.108. The maximum Gasteiger partial charge on any atom is 0.195 e. The molecule has 2 aromatic rings. The molecule has 124 valence electrons. The molecule has 0 amide bonds. The zero-order chi connectivity index (χ0) is 16.7. The Kier molecular flexibility index (Phi) is 3.48. The Balaban J connectivity index is 1.73. The highest BCUT2D eigenvalue weighted by molar-refractivity contribution is 6.02. The van der Waals surface area contributed by atoms with Gasteiger partial charge in [-0.2, -0.15) is 5.10 Å². The number of hydrogen-bond acceptors (Lipinski definition) is 4. The molecular weight excluding hydrogens is 300 g/mol. The van der Waals surface area contributed by atoms with Gasteiger partial charge < -0.3 is 9.47 Å². The van der Waals surface area contributed by atoms with Crippen LogP contribution in [0, 0.1) is 0 Å². The minimum atomic E-state index is -0.409. The largest absolute Gasteiger partial charge is 0.497 e. The van der Waals surface area contributed by atoms with E-state index in [1.54, 1.807) is 7.11 Å². The molecule has 0 fully saturated rings. The van der Waals surface area contributed by atoms with Crippen LogP contribution >= 0.6 is 0 Å². The minimum Gasteiger partial charge on any atom is -0.497 e. The zero-order valence-corrected chi connectivity index (χ0v) is 14.3. The van der Waals surface area contributed by atoms with Crippen LogP contribution in [0.1, 0.15) is 43.9 Å². The highest BCUT2D eigenvalue weighted by Gasteiger charge is 2.46. The van der Waals surface area contributed by atoms with E-state index in [4.69, 9.17) is 14.6 Å². The van der Waals surface area contributed by atoms with Gasteiger partial charge in [0.1, 0.15) is 11.5 Å². The molecule has 2 aliphatic rings. The highest BCUT2D eigenvalue weighted by atomic mass is 16.5. The Morgan fingerprint density at radius 1 is 1.21 bits per heavy atom. The minimum absolute atomic E-state index is 0.233. The number of methoxy groups -OCH3 is 1. The van der Waals surface area contributed by atoms with Crippen molar-refractivity contribution in [2.45, 2.75) is 38.5 Å². The summed E-state index contributed by atoms with van der Waals surface area (Å²) in [6.07, 6.45) is 1.76. The van der Waals surface area contributed by atoms with Crippen LogP contribution in [0.25, 0.3) is 0 Å². The summed E-state index contributed by atoms with van der Waals surface area (Å²) in [4.78, 5) is 0. The van der Waals surface area contributed by atoms with E-state index in [0.29, 0.717) is 0 Å². The summed E-state index contributed by atoms with van der Waals surface area (Å²) in [5, 5.41) is 7.09. The fourth-order valence-electron chi connectivity index (χ4n) is 3.51. The van der Waals surface area contributed by atoms with Crippen LogP contribution in [0.15, 0.2) is 53.6 Å². The molecule has 4 nitrogen and oxygen atoms in total. The molecule has 0 saturated heterocycles. The molecule has 0 aliphatic carbocycles. The van der Waals surface area contributed by atoms with Gasteiger partial charge in [-0.1, -0.05) is 25.1 Å². The van der Waals surface area contributed by atoms with Gasteiger partial charge in [0.15, 0.2) is 5.72 Å². The molecule has 4 heteroatoms. The Bertz CT molecular complexity index is 784. The topological polar surface area (TPSA) is 34.1 Å². The number of para-hydroxylation sites is 1. The van der Waals surface area contributed by atoms with Crippen LogP contribution < -0.4 is 9.47 Å². The third-order valence-electron chi connectivity index (χ3n) is 5.08. The van der Waals surface area contributed by atoms with Gasteiger partial charge in [-0.3, -0.25) is 0 Å². The Morgan fingerprint density at radius 3 is 2.67 bits per heavy atom. The van der Waals surface area contributed by atoms with E-state index in [-0.39, 0.29) is 6.04 Å². The summed E-state index contributed by atoms with van der Waals surface area (Å²) >= 11 is 0. The van der Waals surface area contributed by atoms with Crippen LogP contribution in [-0.4, -0.2) is 23.6 Å². The summed E-state index contributed by atoms with van der Waals surface area (Å²) in [5.41, 5.74) is 3.05. The van der Waals surface area contributed by atoms with Gasteiger partial charge in [0.2, 0.25) is 0 Å². The molecule has 0 unspecified atom stereocenters. The van der Waals surface area contributed by atoms with Crippen LogP contribution in [0.5, 0.6) is 11.5 Å². The van der Waals surface area contributed by atoms with Crippen molar-refractivity contribution >= 4 is 5.71 Å². The molecule has 0 aromatic heterocycles. The van der Waals surface area contributed by atoms with Gasteiger partial charge in [0, 0.05) is 18.4 Å². The van der Waals surface area contributed by atoms with Gasteiger partial charge in [-0.25, -0.2) is 5.01 Å². The SMILES string of the molecule is CC[C@@]1(C)Oc2ccccc2[C@H]2CC(c3ccc(OC)cc3)=NN21. The normalized spacial score (nSPS) is 24.7. The zero-order valence-electron chi connectivity index (χ0n) is 14.3. The fourth-order valence-corrected chi connectivity index (χ4v) is 3.51. The smallest absolute Gasteiger partial charge is 0.195 e. The first kappa shape index (κ1) is 15.1. The second-order valence-corrected chi connectivity index (χ2v) is 6.51. The van der Waals surface area contributed by atoms with E-state index < -0.39 is 5.72 Å². The molecule has 4 rings (SSSR count). The molecule has 0 bridgehead atoms. The maximum absolute atomic E-state index is 6.30. The first-order chi connectivity index (χ1) is 11.6. The number of fused-ring (bicyclic) bond motifs is 3. The summed E-state index contributed by atoms with van der Waals surface area (Å²) < 4.78 is 11.6. The quantitative estimate of drug-likeness (QED) is 0.842. The third kappa shape index (κ3) is 2.25. The van der Waals surface area contributed by atoms with Gasteiger partial charge in [0.25, 0.3) is 0 Å². The Labute approximate surface area is 142 Å². The van der Waals surface area contributed by atoms with Crippen molar-refractivity contribution in [2.75, 3.05) is 7.11 Å². The van der Waals surface area contributed by atoms with Gasteiger partial charge in [-0.05, 0) is 42.8 Å². The molecule has 0 N–H and O–H groups in total. The van der Waals surface area contributed by atoms with E-state index in [1.165, 1.54) is 5.56 Å². The van der Waals surface area contributed by atoms with E-state index in [0.717, 1.165) is 35.6 Å². The fraction of sp³-hybridized carbons (Fsp3) is 0.350. The average Bonchev–Trinajstić information content (AvgIpc) is 3.08. The van der Waals surface area contributed by atoms with Gasteiger partial charge in [-0.15, -0.1) is 0 Å². The highest BCUT2D eigenvalue weighted by Crippen LogP contribution is 2.47. The van der Waals surface area contributed by atoms with Crippen LogP contribution in [-0.2, 0) is 0 Å². The number of ether oxygens (including phenoxy) is 2. The van der Waals surface area contributed by atoms with E-state index in [9.17, 15) is 0 Å². The van der Waals surface area contributed by atoms with Crippen LogP contribution in [0.4, 0.5) is 0 Å². The summed E-state index contributed by atoms with van der Waals surface area (Å²) in [6, 6.07) is 16.7. The molecule has 2 atom stereocenters. The van der Waals surface area contributed by atoms with Crippen molar-refractivity contribution in [3.8, 4) is 11.5 Å². The third-order valence-corrected chi connectivity index (χ3v) is 5.08. The Hall–Kier alpha value is -2.49. The first-order valence-electron chi connectivity index (χ1n) is 8.44. The van der Waals surface area contributed by atoms with Crippen molar-refractivity contribution in [3.05, 3.63) is 59.7 Å². The molecule has 2 aromatic carbocycles. The molecule has 24 heavy (non-hydrogen) atoms. The van der Waals surface area contributed by atoms with Crippen molar-refractivity contribution in [2.24, 2.45) is 5.10 Å². The van der Waals surface area contributed by atoms with Crippen molar-refractivity contribution in [3.63, 3.8) is 0 Å². The standard InChI is InChI=1S/C20H22N2O2/c1-4-20(2)22-18(16-7-5-6-8-19(16)24-20)13-17(21-22)14-9-11-15(23-3)12-10-14/h5-12,18H,4,13H2,1-3H3/t18-,20-/m1/s1. The number of benzene rings is 2. The number of hydrogen-bond donors (Lipinski definition) is 0. The van der Waals surface area contributed by atoms with Gasteiger partial charge in [0.05, 0.1) is 18.9 Å². The predicted molar refractivity (Wildman–Crippen MR) is 94.5 cm³/mol. The molecular formula is C20H22N2O2. The van der Waals surface area contributed by atoms with E-state index in [2.05, 4.69) is 49.2 Å². The monoisotopic (exact) mass is 322 g/mol.